The van der Waals surface area contributed by atoms with Crippen molar-refractivity contribution in [2.75, 3.05) is 11.6 Å². The molecule has 1 aromatic heterocycles. The minimum Gasteiger partial charge on any atom is -0.358 e. The molecule has 0 saturated heterocycles. The van der Waals surface area contributed by atoms with Gasteiger partial charge in [-0.25, -0.2) is 27.2 Å². The quantitative estimate of drug-likeness (QED) is 0.466. The van der Waals surface area contributed by atoms with Gasteiger partial charge in [0.2, 0.25) is 15.0 Å². The van der Waals surface area contributed by atoms with E-state index in [1.165, 1.54) is 0 Å². The molecule has 0 bridgehead atoms. The molecule has 0 fully saturated rings. The molecule has 0 aliphatic rings. The lowest BCUT2D eigenvalue weighted by Crippen LogP contribution is -2.34. The first kappa shape index (κ1) is 20.3. The Morgan fingerprint density at radius 3 is 2.31 bits per heavy atom. The predicted molar refractivity (Wildman–Crippen MR) is 84.6 cm³/mol. The summed E-state index contributed by atoms with van der Waals surface area (Å²) in [5, 5.41) is 0.508. The van der Waals surface area contributed by atoms with Crippen molar-refractivity contribution < 1.29 is 30.4 Å². The molecule has 12 heteroatoms. The lowest BCUT2D eigenvalue weighted by molar-refractivity contribution is -0.138. The van der Waals surface area contributed by atoms with Crippen LogP contribution in [0.5, 0.6) is 0 Å². The number of hydrogen-bond acceptors (Lipinski definition) is 5. The molecule has 1 atom stereocenters. The highest BCUT2D eigenvalue weighted by atomic mass is 35.5. The third-order valence-corrected chi connectivity index (χ3v) is 4.34. The highest BCUT2D eigenvalue weighted by molar-refractivity contribution is 7.90. The maximum Gasteiger partial charge on any atom is 0.408 e. The molecule has 0 spiro atoms. The number of anilines is 1. The van der Waals surface area contributed by atoms with Crippen molar-refractivity contribution in [2.45, 2.75) is 24.3 Å². The molecule has 1 N–H and O–H groups in total. The topological polar surface area (TPSA) is 72.0 Å². The molecule has 1 aromatic carbocycles. The lowest BCUT2D eigenvalue weighted by atomic mass is 10.1. The highest BCUT2D eigenvalue weighted by Crippen LogP contribution is 2.36. The van der Waals surface area contributed by atoms with E-state index in [1.807, 2.05) is 5.32 Å². The van der Waals surface area contributed by atoms with Crippen LogP contribution in [0.3, 0.4) is 0 Å². The van der Waals surface area contributed by atoms with E-state index in [2.05, 4.69) is 9.97 Å². The minimum atomic E-state index is -4.71. The normalized spacial score (nSPS) is 13.5. The van der Waals surface area contributed by atoms with Gasteiger partial charge in [-0.1, -0.05) is 11.6 Å². The fraction of sp³-hybridized carbons (Fsp3) is 0.286. The molecule has 2 rings (SSSR count). The summed E-state index contributed by atoms with van der Waals surface area (Å²) in [4.78, 5) is 7.04. The molecule has 2 aromatic rings. The summed E-state index contributed by atoms with van der Waals surface area (Å²) in [7, 11) is -4.02. The Kier molecular flexibility index (Phi) is 5.43. The van der Waals surface area contributed by atoms with Crippen LogP contribution in [0.2, 0.25) is 5.15 Å². The number of nitrogens with one attached hydrogen (secondary N) is 1. The Morgan fingerprint density at radius 1 is 1.19 bits per heavy atom. The molecule has 26 heavy (non-hydrogen) atoms. The maximum atomic E-state index is 14.1. The fourth-order valence-corrected chi connectivity index (χ4v) is 2.74. The summed E-state index contributed by atoms with van der Waals surface area (Å²) in [5.74, 6) is -2.71. The number of halogens is 6. The number of sulfone groups is 1. The van der Waals surface area contributed by atoms with Crippen molar-refractivity contribution in [1.82, 2.24) is 9.97 Å². The van der Waals surface area contributed by atoms with Crippen molar-refractivity contribution in [3.63, 3.8) is 0 Å². The van der Waals surface area contributed by atoms with E-state index < -0.39 is 60.9 Å². The number of hydrogen-bond donors (Lipinski definition) is 1. The van der Waals surface area contributed by atoms with Crippen molar-refractivity contribution in [3.8, 4) is 11.1 Å². The average Bonchev–Trinajstić information content (AvgIpc) is 2.46. The third kappa shape index (κ3) is 4.39. The molecule has 0 amide bonds. The van der Waals surface area contributed by atoms with E-state index in [4.69, 9.17) is 11.6 Å². The van der Waals surface area contributed by atoms with Gasteiger partial charge < -0.3 is 5.32 Å². The Balaban J connectivity index is 2.73. The highest BCUT2D eigenvalue weighted by Gasteiger charge is 2.37. The van der Waals surface area contributed by atoms with Crippen molar-refractivity contribution in [2.24, 2.45) is 0 Å². The second-order valence-electron chi connectivity index (χ2n) is 5.32. The summed E-state index contributed by atoms with van der Waals surface area (Å²) in [6, 6.07) is 0.116. The van der Waals surface area contributed by atoms with Crippen molar-refractivity contribution in [3.05, 3.63) is 35.0 Å². The molecule has 5 nitrogen and oxygen atoms in total. The van der Waals surface area contributed by atoms with Crippen LogP contribution >= 0.6 is 11.6 Å². The van der Waals surface area contributed by atoms with E-state index in [0.29, 0.717) is 6.07 Å². The summed E-state index contributed by atoms with van der Waals surface area (Å²) in [5.41, 5.74) is -0.819. The number of alkyl halides is 3. The van der Waals surface area contributed by atoms with Gasteiger partial charge in [-0.2, -0.15) is 13.2 Å². The van der Waals surface area contributed by atoms with E-state index in [9.17, 15) is 30.4 Å². The summed E-state index contributed by atoms with van der Waals surface area (Å²) in [6.07, 6.45) is -3.98. The molecule has 142 valence electrons. The fourth-order valence-electron chi connectivity index (χ4n) is 1.90. The Labute approximate surface area is 150 Å². The van der Waals surface area contributed by atoms with E-state index in [0.717, 1.165) is 25.3 Å². The Morgan fingerprint density at radius 2 is 1.81 bits per heavy atom. The molecule has 0 aliphatic heterocycles. The number of aromatic nitrogens is 2. The van der Waals surface area contributed by atoms with Gasteiger partial charge in [0.05, 0.1) is 5.56 Å². The first-order valence-electron chi connectivity index (χ1n) is 6.87. The molecular formula is C14H11ClF5N3O2S. The van der Waals surface area contributed by atoms with Crippen molar-refractivity contribution >= 4 is 27.3 Å². The van der Waals surface area contributed by atoms with Crippen molar-refractivity contribution in [1.29, 1.82) is 0 Å². The first-order chi connectivity index (χ1) is 11.8. The standard InChI is InChI=1S/C14H11ClF5N3O2S/c1-6(14(18,19)20)21-12-10(8-4-3-7(16)5-9(8)17)11(15)22-13(23-12)26(2,24)25/h3-6H,1-2H3,(H,21,22,23)/t6-/m0/s1. The van der Waals surface area contributed by atoms with Gasteiger partial charge in [-0.05, 0) is 19.1 Å². The van der Waals surface area contributed by atoms with Gasteiger partial charge >= 0.3 is 6.18 Å². The van der Waals surface area contributed by atoms with Gasteiger partial charge in [0.1, 0.15) is 28.6 Å². The monoisotopic (exact) mass is 415 g/mol. The first-order valence-corrected chi connectivity index (χ1v) is 9.14. The van der Waals surface area contributed by atoms with Gasteiger partial charge in [-0.15, -0.1) is 0 Å². The second-order valence-corrected chi connectivity index (χ2v) is 7.59. The Hall–Kier alpha value is -2.01. The zero-order valence-corrected chi connectivity index (χ0v) is 14.8. The minimum absolute atomic E-state index is 0.395. The largest absolute Gasteiger partial charge is 0.408 e. The van der Waals surface area contributed by atoms with Crippen LogP contribution in [0, 0.1) is 11.6 Å². The van der Waals surface area contributed by atoms with Crippen LogP contribution in [0.15, 0.2) is 23.4 Å². The van der Waals surface area contributed by atoms with Crippen LogP contribution in [0.25, 0.3) is 11.1 Å². The summed E-state index contributed by atoms with van der Waals surface area (Å²) in [6.45, 7) is 0.751. The van der Waals surface area contributed by atoms with E-state index in [-0.39, 0.29) is 0 Å². The zero-order chi connectivity index (χ0) is 19.9. The number of rotatable bonds is 4. The summed E-state index contributed by atoms with van der Waals surface area (Å²) >= 11 is 5.89. The third-order valence-electron chi connectivity index (χ3n) is 3.22. The van der Waals surface area contributed by atoms with Gasteiger partial charge in [0.15, 0.2) is 0 Å². The number of nitrogens with zero attached hydrogens (tertiary/aromatic N) is 2. The van der Waals surface area contributed by atoms with Crippen LogP contribution < -0.4 is 5.32 Å². The predicted octanol–water partition coefficient (Wildman–Crippen LogP) is 3.84. The Bertz CT molecular complexity index is 950. The van der Waals surface area contributed by atoms with E-state index >= 15 is 0 Å². The summed E-state index contributed by atoms with van der Waals surface area (Å²) < 4.78 is 89.0. The lowest BCUT2D eigenvalue weighted by Gasteiger charge is -2.20. The smallest absolute Gasteiger partial charge is 0.358 e. The van der Waals surface area contributed by atoms with Gasteiger partial charge in [-0.3, -0.25) is 0 Å². The van der Waals surface area contributed by atoms with Gasteiger partial charge in [0, 0.05) is 17.9 Å². The molecular weight excluding hydrogens is 405 g/mol. The van der Waals surface area contributed by atoms with Crippen LogP contribution in [0.4, 0.5) is 27.8 Å². The SMILES string of the molecule is C[C@H](Nc1nc(S(C)(=O)=O)nc(Cl)c1-c1ccc(F)cc1F)C(F)(F)F. The average molecular weight is 416 g/mol. The second kappa shape index (κ2) is 6.95. The molecule has 0 radical (unpaired) electrons. The van der Waals surface area contributed by atoms with E-state index in [1.54, 1.807) is 0 Å². The zero-order valence-electron chi connectivity index (χ0n) is 13.2. The molecule has 0 unspecified atom stereocenters. The number of benzene rings is 1. The molecule has 1 heterocycles. The van der Waals surface area contributed by atoms with Crippen LogP contribution in [-0.4, -0.2) is 36.9 Å². The van der Waals surface area contributed by atoms with Crippen LogP contribution in [-0.2, 0) is 9.84 Å². The molecule has 0 aliphatic carbocycles. The maximum absolute atomic E-state index is 14.1. The van der Waals surface area contributed by atoms with Gasteiger partial charge in [0.25, 0.3) is 0 Å². The van der Waals surface area contributed by atoms with Crippen LogP contribution in [0.1, 0.15) is 6.92 Å². The molecule has 0 saturated carbocycles.